The molecule has 1 aromatic heterocycles. The fourth-order valence-corrected chi connectivity index (χ4v) is 4.72. The highest BCUT2D eigenvalue weighted by atomic mass is 32.2. The van der Waals surface area contributed by atoms with E-state index in [0.717, 1.165) is 5.56 Å². The van der Waals surface area contributed by atoms with Gasteiger partial charge in [0.05, 0.1) is 10.2 Å². The number of carbonyl (C=O) groups excluding carboxylic acids is 2. The minimum absolute atomic E-state index is 0.0223. The molecule has 0 aliphatic carbocycles. The summed E-state index contributed by atoms with van der Waals surface area (Å²) < 4.78 is 25.9. The Hall–Kier alpha value is -2.52. The minimum Gasteiger partial charge on any atom is -0.340 e. The van der Waals surface area contributed by atoms with E-state index in [1.807, 2.05) is 26.0 Å². The molecule has 1 atom stereocenters. The van der Waals surface area contributed by atoms with Crippen LogP contribution in [0.1, 0.15) is 50.5 Å². The second-order valence-electron chi connectivity index (χ2n) is 9.04. The van der Waals surface area contributed by atoms with Crippen LogP contribution in [0.3, 0.4) is 0 Å². The zero-order valence-corrected chi connectivity index (χ0v) is 20.7. The average molecular weight is 492 g/mol. The van der Waals surface area contributed by atoms with Crippen molar-refractivity contribution >= 4 is 50.3 Å². The van der Waals surface area contributed by atoms with E-state index in [9.17, 15) is 18.4 Å². The maximum atomic E-state index is 12.9. The average Bonchev–Trinajstić information content (AvgIpc) is 3.11. The summed E-state index contributed by atoms with van der Waals surface area (Å²) in [5.41, 5.74) is 2.18. The first-order valence-electron chi connectivity index (χ1n) is 10.5. The minimum atomic E-state index is -2.50. The predicted molar refractivity (Wildman–Crippen MR) is 131 cm³/mol. The van der Waals surface area contributed by atoms with E-state index in [1.165, 1.54) is 11.3 Å². The highest BCUT2D eigenvalue weighted by Gasteiger charge is 2.26. The lowest BCUT2D eigenvalue weighted by molar-refractivity contribution is -0.118. The van der Waals surface area contributed by atoms with Gasteiger partial charge in [-0.3, -0.25) is 9.59 Å². The Kier molecular flexibility index (Phi) is 7.74. The van der Waals surface area contributed by atoms with Gasteiger partial charge < -0.3 is 10.6 Å². The number of carbonyl (C=O) groups is 2. The smallest absolute Gasteiger partial charge is 0.288 e. The second kappa shape index (κ2) is 10.2. The zero-order valence-electron chi connectivity index (χ0n) is 19.1. The third-order valence-corrected chi connectivity index (χ3v) is 6.70. The number of thioether (sulfide) groups is 1. The molecule has 1 heterocycles. The standard InChI is InChI=1S/C24H27F2N3O2S2/c1-13(2)19(28-20(30)14-6-8-15(9-7-14)24(3,4)5)21(31)29-23-27-17-11-10-16(32-22(25)26)12-18(17)33-23/h6-13,19,22H,1-5H3,(H,28,30)(H,27,29,31)/t19-/m0/s1. The molecule has 176 valence electrons. The highest BCUT2D eigenvalue weighted by molar-refractivity contribution is 7.99. The number of anilines is 1. The molecule has 2 aromatic carbocycles. The molecule has 5 nitrogen and oxygen atoms in total. The van der Waals surface area contributed by atoms with Crippen LogP contribution in [0, 0.1) is 5.92 Å². The van der Waals surface area contributed by atoms with Gasteiger partial charge in [0.1, 0.15) is 6.04 Å². The van der Waals surface area contributed by atoms with Gasteiger partial charge in [-0.1, -0.05) is 69.9 Å². The molecule has 0 spiro atoms. The quantitative estimate of drug-likeness (QED) is 0.381. The molecule has 0 fully saturated rings. The van der Waals surface area contributed by atoms with Crippen molar-refractivity contribution in [2.75, 3.05) is 5.32 Å². The van der Waals surface area contributed by atoms with Crippen LogP contribution in [0.15, 0.2) is 47.4 Å². The summed E-state index contributed by atoms with van der Waals surface area (Å²) in [6.45, 7) is 9.99. The number of amides is 2. The highest BCUT2D eigenvalue weighted by Crippen LogP contribution is 2.32. The van der Waals surface area contributed by atoms with Crippen LogP contribution in [-0.4, -0.2) is 28.6 Å². The summed E-state index contributed by atoms with van der Waals surface area (Å²) in [6.07, 6.45) is 0. The monoisotopic (exact) mass is 491 g/mol. The number of benzene rings is 2. The van der Waals surface area contributed by atoms with E-state index in [0.29, 0.717) is 37.6 Å². The van der Waals surface area contributed by atoms with Gasteiger partial charge in [-0.25, -0.2) is 4.98 Å². The molecule has 0 bridgehead atoms. The number of thiazole rings is 1. The molecule has 0 saturated carbocycles. The van der Waals surface area contributed by atoms with E-state index in [4.69, 9.17) is 0 Å². The number of halogens is 2. The molecule has 2 N–H and O–H groups in total. The van der Waals surface area contributed by atoms with Gasteiger partial charge in [0.2, 0.25) is 5.91 Å². The normalized spacial score (nSPS) is 12.9. The Morgan fingerprint density at radius 3 is 2.30 bits per heavy atom. The van der Waals surface area contributed by atoms with Crippen LogP contribution >= 0.6 is 23.1 Å². The third kappa shape index (κ3) is 6.51. The van der Waals surface area contributed by atoms with Gasteiger partial charge in [0.25, 0.3) is 11.7 Å². The lowest BCUT2D eigenvalue weighted by Crippen LogP contribution is -2.47. The summed E-state index contributed by atoms with van der Waals surface area (Å²) in [5.74, 6) is -3.38. The molecular weight excluding hydrogens is 464 g/mol. The number of hydrogen-bond acceptors (Lipinski definition) is 5. The molecule has 0 saturated heterocycles. The maximum Gasteiger partial charge on any atom is 0.288 e. The number of fused-ring (bicyclic) bond motifs is 1. The van der Waals surface area contributed by atoms with E-state index >= 15 is 0 Å². The second-order valence-corrected chi connectivity index (χ2v) is 11.1. The SMILES string of the molecule is CC(C)[C@H](NC(=O)c1ccc(C(C)(C)C)cc1)C(=O)Nc1nc2ccc(SC(F)F)cc2s1. The van der Waals surface area contributed by atoms with Crippen molar-refractivity contribution in [1.82, 2.24) is 10.3 Å². The maximum absolute atomic E-state index is 12.9. The van der Waals surface area contributed by atoms with Crippen LogP contribution in [0.2, 0.25) is 0 Å². The zero-order chi connectivity index (χ0) is 24.3. The number of hydrogen-bond donors (Lipinski definition) is 2. The molecule has 0 aliphatic rings. The van der Waals surface area contributed by atoms with Gasteiger partial charge in [0, 0.05) is 10.5 Å². The van der Waals surface area contributed by atoms with Crippen LogP contribution in [0.4, 0.5) is 13.9 Å². The van der Waals surface area contributed by atoms with Gasteiger partial charge in [-0.2, -0.15) is 8.78 Å². The molecule has 9 heteroatoms. The number of aromatic nitrogens is 1. The van der Waals surface area contributed by atoms with Crippen LogP contribution in [0.5, 0.6) is 0 Å². The van der Waals surface area contributed by atoms with E-state index in [2.05, 4.69) is 36.4 Å². The van der Waals surface area contributed by atoms with Gasteiger partial charge in [-0.15, -0.1) is 0 Å². The molecule has 3 rings (SSSR count). The first-order valence-corrected chi connectivity index (χ1v) is 12.2. The summed E-state index contributed by atoms with van der Waals surface area (Å²) >= 11 is 1.66. The fraction of sp³-hybridized carbons (Fsp3) is 0.375. The summed E-state index contributed by atoms with van der Waals surface area (Å²) in [7, 11) is 0. The summed E-state index contributed by atoms with van der Waals surface area (Å²) in [5, 5.41) is 5.92. The predicted octanol–water partition coefficient (Wildman–Crippen LogP) is 6.30. The number of nitrogens with one attached hydrogen (secondary N) is 2. The molecule has 2 amide bonds. The van der Waals surface area contributed by atoms with Crippen LogP contribution in [-0.2, 0) is 10.2 Å². The molecular formula is C24H27F2N3O2S2. The van der Waals surface area contributed by atoms with Crippen molar-refractivity contribution in [2.45, 2.75) is 56.7 Å². The van der Waals surface area contributed by atoms with Gasteiger partial charge in [-0.05, 0) is 47.2 Å². The molecule has 0 aliphatic heterocycles. The molecule has 33 heavy (non-hydrogen) atoms. The Labute approximate surface area is 200 Å². The molecule has 0 radical (unpaired) electrons. The van der Waals surface area contributed by atoms with Crippen molar-refractivity contribution in [3.05, 3.63) is 53.6 Å². The van der Waals surface area contributed by atoms with Crippen LogP contribution < -0.4 is 10.6 Å². The first-order chi connectivity index (χ1) is 15.4. The third-order valence-electron chi connectivity index (χ3n) is 5.06. The van der Waals surface area contributed by atoms with E-state index < -0.39 is 11.8 Å². The number of nitrogens with zero attached hydrogens (tertiary/aromatic N) is 1. The molecule has 3 aromatic rings. The Balaban J connectivity index is 1.71. The number of alkyl halides is 2. The first kappa shape index (κ1) is 25.1. The lowest BCUT2D eigenvalue weighted by atomic mass is 9.86. The topological polar surface area (TPSA) is 71.1 Å². The van der Waals surface area contributed by atoms with Crippen molar-refractivity contribution in [3.8, 4) is 0 Å². The van der Waals surface area contributed by atoms with E-state index in [1.54, 1.807) is 30.3 Å². The van der Waals surface area contributed by atoms with Gasteiger partial charge in [0.15, 0.2) is 5.13 Å². The summed E-state index contributed by atoms with van der Waals surface area (Å²) in [4.78, 5) is 30.5. The Bertz CT molecular complexity index is 1140. The molecule has 0 unspecified atom stereocenters. The van der Waals surface area contributed by atoms with E-state index in [-0.39, 0.29) is 23.1 Å². The van der Waals surface area contributed by atoms with Crippen molar-refractivity contribution < 1.29 is 18.4 Å². The van der Waals surface area contributed by atoms with Crippen molar-refractivity contribution in [2.24, 2.45) is 5.92 Å². The Morgan fingerprint density at radius 1 is 1.06 bits per heavy atom. The van der Waals surface area contributed by atoms with Crippen LogP contribution in [0.25, 0.3) is 10.2 Å². The summed E-state index contributed by atoms with van der Waals surface area (Å²) in [6, 6.07) is 11.4. The number of rotatable bonds is 7. The largest absolute Gasteiger partial charge is 0.340 e. The Morgan fingerprint density at radius 2 is 1.73 bits per heavy atom. The van der Waals surface area contributed by atoms with Gasteiger partial charge >= 0.3 is 0 Å². The van der Waals surface area contributed by atoms with Crippen molar-refractivity contribution in [1.29, 1.82) is 0 Å². The fourth-order valence-electron chi connectivity index (χ4n) is 3.20. The lowest BCUT2D eigenvalue weighted by Gasteiger charge is -2.22. The van der Waals surface area contributed by atoms with Crippen molar-refractivity contribution in [3.63, 3.8) is 0 Å².